The van der Waals surface area contributed by atoms with Gasteiger partial charge in [-0.05, 0) is 24.8 Å². The van der Waals surface area contributed by atoms with E-state index in [1.165, 1.54) is 17.3 Å². The lowest BCUT2D eigenvalue weighted by molar-refractivity contribution is -0.133. The van der Waals surface area contributed by atoms with Crippen LogP contribution in [0.2, 0.25) is 0 Å². The molecule has 0 aliphatic carbocycles. The highest BCUT2D eigenvalue weighted by atomic mass is 32.2. The van der Waals surface area contributed by atoms with Gasteiger partial charge in [-0.3, -0.25) is 4.79 Å². The second-order valence-corrected chi connectivity index (χ2v) is 5.47. The van der Waals surface area contributed by atoms with Gasteiger partial charge in [-0.2, -0.15) is 0 Å². The fourth-order valence-electron chi connectivity index (χ4n) is 1.99. The molecule has 2 aromatic rings. The molecule has 1 aromatic heterocycles. The van der Waals surface area contributed by atoms with Gasteiger partial charge in [0, 0.05) is 18.9 Å². The molecule has 2 rings (SSSR count). The van der Waals surface area contributed by atoms with Crippen molar-refractivity contribution in [2.24, 2.45) is 0 Å². The number of imidazole rings is 1. The quantitative estimate of drug-likeness (QED) is 0.599. The van der Waals surface area contributed by atoms with Crippen molar-refractivity contribution in [2.45, 2.75) is 31.0 Å². The van der Waals surface area contributed by atoms with E-state index in [1.807, 2.05) is 16.8 Å². The van der Waals surface area contributed by atoms with Crippen LogP contribution in [-0.2, 0) is 17.8 Å². The molecule has 4 nitrogen and oxygen atoms in total. The number of aromatic nitrogens is 2. The highest BCUT2D eigenvalue weighted by molar-refractivity contribution is 7.99. The van der Waals surface area contributed by atoms with E-state index in [0.29, 0.717) is 0 Å². The molecular weight excluding hydrogens is 272 g/mol. The van der Waals surface area contributed by atoms with Gasteiger partial charge in [0.15, 0.2) is 5.16 Å². The van der Waals surface area contributed by atoms with Crippen LogP contribution in [0.5, 0.6) is 0 Å². The molecular formula is C15H18N2O2S. The number of aliphatic carboxylic acids is 1. The monoisotopic (exact) mass is 290 g/mol. The fraction of sp³-hybridized carbons (Fsp3) is 0.333. The van der Waals surface area contributed by atoms with Crippen molar-refractivity contribution in [3.05, 3.63) is 48.3 Å². The van der Waals surface area contributed by atoms with Crippen molar-refractivity contribution in [3.63, 3.8) is 0 Å². The van der Waals surface area contributed by atoms with Gasteiger partial charge in [0.25, 0.3) is 0 Å². The van der Waals surface area contributed by atoms with Crippen LogP contribution in [0.3, 0.4) is 0 Å². The fourth-order valence-corrected chi connectivity index (χ4v) is 2.69. The normalized spacial score (nSPS) is 10.6. The molecule has 1 aromatic carbocycles. The van der Waals surface area contributed by atoms with Crippen molar-refractivity contribution in [3.8, 4) is 0 Å². The highest BCUT2D eigenvalue weighted by Crippen LogP contribution is 2.16. The average molecular weight is 290 g/mol. The maximum absolute atomic E-state index is 10.6. The zero-order chi connectivity index (χ0) is 14.2. The van der Waals surface area contributed by atoms with Gasteiger partial charge >= 0.3 is 5.97 Å². The largest absolute Gasteiger partial charge is 0.481 e. The van der Waals surface area contributed by atoms with Gasteiger partial charge in [-0.1, -0.05) is 42.1 Å². The number of hydrogen-bond acceptors (Lipinski definition) is 3. The highest BCUT2D eigenvalue weighted by Gasteiger charge is 2.06. The van der Waals surface area contributed by atoms with E-state index in [9.17, 15) is 4.79 Å². The van der Waals surface area contributed by atoms with E-state index >= 15 is 0 Å². The van der Waals surface area contributed by atoms with E-state index in [0.717, 1.165) is 31.0 Å². The number of thioether (sulfide) groups is 1. The smallest absolute Gasteiger partial charge is 0.313 e. The predicted octanol–water partition coefficient (Wildman–Crippen LogP) is 3.08. The Balaban J connectivity index is 1.74. The van der Waals surface area contributed by atoms with Gasteiger partial charge in [0.2, 0.25) is 0 Å². The molecule has 0 aliphatic rings. The second kappa shape index (κ2) is 7.75. The van der Waals surface area contributed by atoms with Crippen molar-refractivity contribution in [2.75, 3.05) is 5.75 Å². The van der Waals surface area contributed by atoms with Crippen LogP contribution in [0.25, 0.3) is 0 Å². The number of hydrogen-bond donors (Lipinski definition) is 1. The lowest BCUT2D eigenvalue weighted by Gasteiger charge is -2.06. The van der Waals surface area contributed by atoms with Crippen molar-refractivity contribution >= 4 is 17.7 Å². The molecule has 0 saturated carbocycles. The third-order valence-corrected chi connectivity index (χ3v) is 3.95. The standard InChI is InChI=1S/C15H18N2O2S/c18-14(19)12-20-15-16-9-11-17(15)10-5-4-8-13-6-2-1-3-7-13/h1-3,6-7,9,11H,4-5,8,10,12H2,(H,18,19). The number of aryl methyl sites for hydroxylation is 2. The summed E-state index contributed by atoms with van der Waals surface area (Å²) >= 11 is 1.27. The molecule has 1 N–H and O–H groups in total. The minimum Gasteiger partial charge on any atom is -0.481 e. The van der Waals surface area contributed by atoms with E-state index < -0.39 is 5.97 Å². The number of unbranched alkanes of at least 4 members (excludes halogenated alkanes) is 1. The third kappa shape index (κ3) is 4.74. The van der Waals surface area contributed by atoms with Crippen molar-refractivity contribution in [1.29, 1.82) is 0 Å². The molecule has 5 heteroatoms. The molecule has 0 unspecified atom stereocenters. The summed E-state index contributed by atoms with van der Waals surface area (Å²) in [5, 5.41) is 9.47. The summed E-state index contributed by atoms with van der Waals surface area (Å²) in [6.07, 6.45) is 6.89. The predicted molar refractivity (Wildman–Crippen MR) is 80.0 cm³/mol. The van der Waals surface area contributed by atoms with Crippen molar-refractivity contribution in [1.82, 2.24) is 9.55 Å². The van der Waals surface area contributed by atoms with Crippen LogP contribution < -0.4 is 0 Å². The Morgan fingerprint density at radius 3 is 2.80 bits per heavy atom. The number of nitrogens with zero attached hydrogens (tertiary/aromatic N) is 2. The topological polar surface area (TPSA) is 55.1 Å². The Bertz CT molecular complexity index is 540. The first-order chi connectivity index (χ1) is 9.75. The maximum Gasteiger partial charge on any atom is 0.313 e. The summed E-state index contributed by atoms with van der Waals surface area (Å²) in [5.41, 5.74) is 1.36. The molecule has 0 atom stereocenters. The van der Waals surface area contributed by atoms with E-state index in [4.69, 9.17) is 5.11 Å². The number of carbonyl (C=O) groups is 1. The number of rotatable bonds is 8. The lowest BCUT2D eigenvalue weighted by atomic mass is 10.1. The van der Waals surface area contributed by atoms with Crippen LogP contribution in [-0.4, -0.2) is 26.4 Å². The molecule has 20 heavy (non-hydrogen) atoms. The molecule has 1 heterocycles. The van der Waals surface area contributed by atoms with Crippen molar-refractivity contribution < 1.29 is 9.90 Å². The zero-order valence-corrected chi connectivity index (χ0v) is 12.1. The first-order valence-electron chi connectivity index (χ1n) is 6.65. The Morgan fingerprint density at radius 1 is 1.25 bits per heavy atom. The Morgan fingerprint density at radius 2 is 2.05 bits per heavy atom. The van der Waals surface area contributed by atoms with Crippen LogP contribution in [0.1, 0.15) is 18.4 Å². The van der Waals surface area contributed by atoms with E-state index in [-0.39, 0.29) is 5.75 Å². The summed E-state index contributed by atoms with van der Waals surface area (Å²) in [7, 11) is 0. The van der Waals surface area contributed by atoms with E-state index in [1.54, 1.807) is 6.20 Å². The third-order valence-electron chi connectivity index (χ3n) is 2.96. The summed E-state index contributed by atoms with van der Waals surface area (Å²) in [6, 6.07) is 10.4. The SMILES string of the molecule is O=C(O)CSc1nccn1CCCCc1ccccc1. The number of benzene rings is 1. The molecule has 0 fully saturated rings. The summed E-state index contributed by atoms with van der Waals surface area (Å²) < 4.78 is 2.03. The first kappa shape index (κ1) is 14.7. The minimum absolute atomic E-state index is 0.0566. The van der Waals surface area contributed by atoms with Crippen LogP contribution in [0.15, 0.2) is 47.9 Å². The number of carboxylic acids is 1. The Hall–Kier alpha value is -1.75. The molecule has 106 valence electrons. The first-order valence-corrected chi connectivity index (χ1v) is 7.64. The molecule has 0 spiro atoms. The number of carboxylic acid groups (broad SMARTS) is 1. The zero-order valence-electron chi connectivity index (χ0n) is 11.2. The Kier molecular flexibility index (Phi) is 5.68. The average Bonchev–Trinajstić information content (AvgIpc) is 2.90. The van der Waals surface area contributed by atoms with Gasteiger partial charge in [0.05, 0.1) is 5.75 Å². The van der Waals surface area contributed by atoms with Gasteiger partial charge in [-0.15, -0.1) is 0 Å². The molecule has 0 saturated heterocycles. The maximum atomic E-state index is 10.6. The van der Waals surface area contributed by atoms with Crippen LogP contribution in [0, 0.1) is 0 Å². The molecule has 0 aliphatic heterocycles. The molecule has 0 amide bonds. The summed E-state index contributed by atoms with van der Waals surface area (Å²) in [6.45, 7) is 0.884. The van der Waals surface area contributed by atoms with Gasteiger partial charge in [0.1, 0.15) is 0 Å². The van der Waals surface area contributed by atoms with Gasteiger partial charge < -0.3 is 9.67 Å². The van der Waals surface area contributed by atoms with Crippen LogP contribution >= 0.6 is 11.8 Å². The molecule has 0 bridgehead atoms. The summed E-state index contributed by atoms with van der Waals surface area (Å²) in [4.78, 5) is 14.8. The minimum atomic E-state index is -0.811. The molecule has 0 radical (unpaired) electrons. The van der Waals surface area contributed by atoms with Crippen LogP contribution in [0.4, 0.5) is 0 Å². The van der Waals surface area contributed by atoms with Gasteiger partial charge in [-0.25, -0.2) is 4.98 Å². The summed E-state index contributed by atoms with van der Waals surface area (Å²) in [5.74, 6) is -0.755. The lowest BCUT2D eigenvalue weighted by Crippen LogP contribution is -2.03. The Labute approximate surface area is 122 Å². The second-order valence-electron chi connectivity index (χ2n) is 4.53. The van der Waals surface area contributed by atoms with E-state index in [2.05, 4.69) is 29.2 Å².